The van der Waals surface area contributed by atoms with Crippen LogP contribution in [0.3, 0.4) is 0 Å². The topological polar surface area (TPSA) is 32.3 Å². The lowest BCUT2D eigenvalue weighted by atomic mass is 10.1. The summed E-state index contributed by atoms with van der Waals surface area (Å²) in [5.74, 6) is 0.767. The molecule has 1 aliphatic carbocycles. The summed E-state index contributed by atoms with van der Waals surface area (Å²) >= 11 is 0. The minimum absolute atomic E-state index is 0.00966. The second-order valence-electron chi connectivity index (χ2n) is 7.38. The Hall–Kier alpha value is -2.36. The second kappa shape index (κ2) is 6.51. The molecule has 1 heterocycles. The lowest BCUT2D eigenvalue weighted by Crippen LogP contribution is -2.19. The molecule has 0 aromatic heterocycles. The van der Waals surface area contributed by atoms with Crippen LogP contribution in [0.1, 0.15) is 31.2 Å². The van der Waals surface area contributed by atoms with Crippen molar-refractivity contribution in [1.29, 1.82) is 0 Å². The molecule has 0 radical (unpaired) electrons. The van der Waals surface area contributed by atoms with Crippen LogP contribution in [0.15, 0.2) is 48.5 Å². The lowest BCUT2D eigenvalue weighted by molar-refractivity contribution is -0.117. The number of nitrogens with one attached hydrogen (secondary N) is 1. The van der Waals surface area contributed by atoms with Crippen LogP contribution < -0.4 is 10.2 Å². The molecule has 3 nitrogen and oxygen atoms in total. The molecule has 1 aliphatic heterocycles. The van der Waals surface area contributed by atoms with Gasteiger partial charge in [0.1, 0.15) is 5.82 Å². The molecule has 2 aromatic rings. The molecule has 2 aliphatic rings. The molecule has 4 rings (SSSR count). The highest BCUT2D eigenvalue weighted by Crippen LogP contribution is 2.48. The fraction of sp³-hybridized carbons (Fsp3) is 0.381. The molecule has 1 N–H and O–H groups in total. The van der Waals surface area contributed by atoms with Crippen molar-refractivity contribution in [2.75, 3.05) is 23.3 Å². The number of nitrogens with zero attached hydrogens (tertiary/aromatic N) is 1. The summed E-state index contributed by atoms with van der Waals surface area (Å²) in [6.45, 7) is 4.49. The summed E-state index contributed by atoms with van der Waals surface area (Å²) in [4.78, 5) is 14.8. The first-order chi connectivity index (χ1) is 12.1. The fourth-order valence-electron chi connectivity index (χ4n) is 3.72. The Labute approximate surface area is 147 Å². The molecule has 1 saturated heterocycles. The number of hydrogen-bond acceptors (Lipinski definition) is 2. The van der Waals surface area contributed by atoms with Crippen molar-refractivity contribution in [2.45, 2.75) is 25.7 Å². The van der Waals surface area contributed by atoms with Crippen LogP contribution >= 0.6 is 0 Å². The minimum Gasteiger partial charge on any atom is -0.371 e. The van der Waals surface area contributed by atoms with Gasteiger partial charge in [-0.25, -0.2) is 4.39 Å². The van der Waals surface area contributed by atoms with E-state index in [9.17, 15) is 9.18 Å². The summed E-state index contributed by atoms with van der Waals surface area (Å²) in [5, 5.41) is 3.01. The zero-order valence-electron chi connectivity index (χ0n) is 14.4. The maximum Gasteiger partial charge on any atom is 0.228 e. The van der Waals surface area contributed by atoms with Crippen LogP contribution in [-0.4, -0.2) is 19.0 Å². The average Bonchev–Trinajstić information content (AvgIpc) is 3.30. The number of anilines is 2. The van der Waals surface area contributed by atoms with E-state index in [2.05, 4.69) is 29.3 Å². The fourth-order valence-corrected chi connectivity index (χ4v) is 3.72. The summed E-state index contributed by atoms with van der Waals surface area (Å²) in [5.41, 5.74) is 3.10. The number of amides is 1. The van der Waals surface area contributed by atoms with Crippen LogP contribution in [-0.2, 0) is 4.79 Å². The van der Waals surface area contributed by atoms with E-state index >= 15 is 0 Å². The molecule has 4 heteroatoms. The van der Waals surface area contributed by atoms with Crippen molar-refractivity contribution in [3.8, 4) is 0 Å². The molecular weight excluding hydrogens is 315 g/mol. The number of benzene rings is 2. The van der Waals surface area contributed by atoms with Gasteiger partial charge in [0.25, 0.3) is 0 Å². The van der Waals surface area contributed by atoms with Gasteiger partial charge in [-0.05, 0) is 66.6 Å². The second-order valence-corrected chi connectivity index (χ2v) is 7.38. The molecule has 3 atom stereocenters. The van der Waals surface area contributed by atoms with Gasteiger partial charge in [0.15, 0.2) is 0 Å². The maximum atomic E-state index is 13.0. The van der Waals surface area contributed by atoms with Crippen LogP contribution in [0.4, 0.5) is 15.8 Å². The third-order valence-corrected chi connectivity index (χ3v) is 5.35. The summed E-state index contributed by atoms with van der Waals surface area (Å²) in [6, 6.07) is 14.6. The molecule has 0 bridgehead atoms. The van der Waals surface area contributed by atoms with Gasteiger partial charge in [0, 0.05) is 30.4 Å². The Bertz CT molecular complexity index is 756. The highest BCUT2D eigenvalue weighted by molar-refractivity contribution is 5.95. The van der Waals surface area contributed by atoms with Crippen LogP contribution in [0.25, 0.3) is 0 Å². The monoisotopic (exact) mass is 338 g/mol. The van der Waals surface area contributed by atoms with E-state index in [0.29, 0.717) is 0 Å². The maximum absolute atomic E-state index is 13.0. The van der Waals surface area contributed by atoms with E-state index in [-0.39, 0.29) is 23.6 Å². The lowest BCUT2D eigenvalue weighted by Gasteiger charge is -2.18. The minimum atomic E-state index is -0.238. The van der Waals surface area contributed by atoms with Gasteiger partial charge in [-0.15, -0.1) is 0 Å². The molecule has 3 unspecified atom stereocenters. The first kappa shape index (κ1) is 16.1. The Morgan fingerprint density at radius 2 is 1.84 bits per heavy atom. The van der Waals surface area contributed by atoms with E-state index in [0.717, 1.165) is 36.7 Å². The predicted octanol–water partition coefficient (Wildman–Crippen LogP) is 4.41. The molecular formula is C21H23FN2O. The van der Waals surface area contributed by atoms with E-state index in [1.165, 1.54) is 24.2 Å². The van der Waals surface area contributed by atoms with Gasteiger partial charge in [-0.1, -0.05) is 19.1 Å². The van der Waals surface area contributed by atoms with E-state index < -0.39 is 0 Å². The summed E-state index contributed by atoms with van der Waals surface area (Å²) in [7, 11) is 0. The van der Waals surface area contributed by atoms with Gasteiger partial charge in [-0.2, -0.15) is 0 Å². The standard InChI is InChI=1S/C21H23FN2O/c1-14-10-11-24(13-14)18-8-6-17(7-9-18)23-21(25)20-12-19(20)15-2-4-16(22)5-3-15/h2-9,14,19-20H,10-13H2,1H3,(H,23,25). The van der Waals surface area contributed by atoms with Crippen molar-refractivity contribution in [1.82, 2.24) is 0 Å². The molecule has 0 spiro atoms. The van der Waals surface area contributed by atoms with Crippen molar-refractivity contribution in [2.24, 2.45) is 11.8 Å². The van der Waals surface area contributed by atoms with Gasteiger partial charge >= 0.3 is 0 Å². The number of rotatable bonds is 4. The van der Waals surface area contributed by atoms with Gasteiger partial charge in [0.2, 0.25) is 5.91 Å². The van der Waals surface area contributed by atoms with Crippen molar-refractivity contribution in [3.63, 3.8) is 0 Å². The molecule has 2 fully saturated rings. The summed E-state index contributed by atoms with van der Waals surface area (Å²) < 4.78 is 13.0. The number of carbonyl (C=O) groups is 1. The quantitative estimate of drug-likeness (QED) is 0.895. The van der Waals surface area contributed by atoms with E-state index in [1.807, 2.05) is 12.1 Å². The van der Waals surface area contributed by atoms with Crippen LogP contribution in [0.2, 0.25) is 0 Å². The first-order valence-electron chi connectivity index (χ1n) is 9.01. The molecule has 2 aromatic carbocycles. The van der Waals surface area contributed by atoms with Gasteiger partial charge in [-0.3, -0.25) is 4.79 Å². The third kappa shape index (κ3) is 3.53. The number of carbonyl (C=O) groups excluding carboxylic acids is 1. The smallest absolute Gasteiger partial charge is 0.228 e. The zero-order chi connectivity index (χ0) is 17.4. The van der Waals surface area contributed by atoms with Crippen LogP contribution in [0.5, 0.6) is 0 Å². The highest BCUT2D eigenvalue weighted by Gasteiger charge is 2.43. The van der Waals surface area contributed by atoms with Crippen LogP contribution in [0, 0.1) is 17.7 Å². The van der Waals surface area contributed by atoms with Crippen molar-refractivity contribution in [3.05, 3.63) is 59.9 Å². The summed E-state index contributed by atoms with van der Waals surface area (Å²) in [6.07, 6.45) is 2.08. The SMILES string of the molecule is CC1CCN(c2ccc(NC(=O)C3CC3c3ccc(F)cc3)cc2)C1. The Morgan fingerprint density at radius 3 is 2.48 bits per heavy atom. The molecule has 130 valence electrons. The van der Waals surface area contributed by atoms with E-state index in [4.69, 9.17) is 0 Å². The predicted molar refractivity (Wildman–Crippen MR) is 98.3 cm³/mol. The molecule has 25 heavy (non-hydrogen) atoms. The van der Waals surface area contributed by atoms with Crippen molar-refractivity contribution >= 4 is 17.3 Å². The van der Waals surface area contributed by atoms with Gasteiger partial charge < -0.3 is 10.2 Å². The Kier molecular flexibility index (Phi) is 4.20. The van der Waals surface area contributed by atoms with Crippen molar-refractivity contribution < 1.29 is 9.18 Å². The molecule has 1 saturated carbocycles. The Balaban J connectivity index is 1.35. The van der Waals surface area contributed by atoms with Gasteiger partial charge in [0.05, 0.1) is 0 Å². The third-order valence-electron chi connectivity index (χ3n) is 5.35. The largest absolute Gasteiger partial charge is 0.371 e. The first-order valence-corrected chi connectivity index (χ1v) is 9.01. The number of hydrogen-bond donors (Lipinski definition) is 1. The molecule has 1 amide bonds. The Morgan fingerprint density at radius 1 is 1.12 bits per heavy atom. The zero-order valence-corrected chi connectivity index (χ0v) is 14.4. The number of halogens is 1. The normalized spacial score (nSPS) is 25.0. The highest BCUT2D eigenvalue weighted by atomic mass is 19.1. The average molecular weight is 338 g/mol. The van der Waals surface area contributed by atoms with E-state index in [1.54, 1.807) is 12.1 Å².